The quantitative estimate of drug-likeness (QED) is 0.890. The molecule has 0 aliphatic carbocycles. The van der Waals surface area contributed by atoms with E-state index in [-0.39, 0.29) is 0 Å². The maximum Gasteiger partial charge on any atom is 0.146 e. The molecule has 0 saturated carbocycles. The largest absolute Gasteiger partial charge is 0.455 e. The summed E-state index contributed by atoms with van der Waals surface area (Å²) in [7, 11) is 0. The lowest BCUT2D eigenvalue weighted by Gasteiger charge is -2.14. The Balaban J connectivity index is 2.20. The minimum atomic E-state index is 0.408. The van der Waals surface area contributed by atoms with Crippen LogP contribution in [0.3, 0.4) is 0 Å². The number of hydrogen-bond acceptors (Lipinski definition) is 3. The van der Waals surface area contributed by atoms with E-state index in [1.807, 2.05) is 37.4 Å². The standard InChI is InChI=1S/C16H19ClN2O/c1-11(2)19-10-13-9-18-7-6-15(13)20-16-5-4-12(3)8-14(16)17/h4-9,11,19H,10H2,1-3H3. The number of halogens is 1. The zero-order valence-electron chi connectivity index (χ0n) is 12.0. The van der Waals surface area contributed by atoms with E-state index in [0.717, 1.165) is 16.9 Å². The fourth-order valence-electron chi connectivity index (χ4n) is 1.77. The Hall–Kier alpha value is -1.58. The molecular formula is C16H19ClN2O. The first-order valence-electron chi connectivity index (χ1n) is 6.66. The number of aryl methyl sites for hydroxylation is 1. The molecule has 0 spiro atoms. The van der Waals surface area contributed by atoms with Crippen molar-refractivity contribution in [1.82, 2.24) is 10.3 Å². The first kappa shape index (κ1) is 14.8. The third-order valence-electron chi connectivity index (χ3n) is 2.87. The van der Waals surface area contributed by atoms with E-state index < -0.39 is 0 Å². The Morgan fingerprint density at radius 3 is 2.75 bits per heavy atom. The second-order valence-corrected chi connectivity index (χ2v) is 5.46. The van der Waals surface area contributed by atoms with Gasteiger partial charge in [0.15, 0.2) is 0 Å². The zero-order chi connectivity index (χ0) is 14.5. The van der Waals surface area contributed by atoms with Crippen molar-refractivity contribution < 1.29 is 4.74 Å². The molecule has 0 fully saturated rings. The molecule has 0 atom stereocenters. The molecule has 0 aliphatic rings. The smallest absolute Gasteiger partial charge is 0.146 e. The van der Waals surface area contributed by atoms with Gasteiger partial charge in [-0.3, -0.25) is 4.98 Å². The molecule has 1 aromatic carbocycles. The number of aromatic nitrogens is 1. The van der Waals surface area contributed by atoms with Crippen LogP contribution in [-0.4, -0.2) is 11.0 Å². The minimum absolute atomic E-state index is 0.408. The average Bonchev–Trinajstić information content (AvgIpc) is 2.41. The molecule has 1 aromatic heterocycles. The molecule has 3 nitrogen and oxygen atoms in total. The van der Waals surface area contributed by atoms with Gasteiger partial charge in [0.1, 0.15) is 11.5 Å². The van der Waals surface area contributed by atoms with Crippen molar-refractivity contribution in [3.8, 4) is 11.5 Å². The lowest BCUT2D eigenvalue weighted by atomic mass is 10.2. The van der Waals surface area contributed by atoms with Gasteiger partial charge >= 0.3 is 0 Å². The van der Waals surface area contributed by atoms with Crippen molar-refractivity contribution in [2.24, 2.45) is 0 Å². The highest BCUT2D eigenvalue weighted by molar-refractivity contribution is 6.32. The monoisotopic (exact) mass is 290 g/mol. The summed E-state index contributed by atoms with van der Waals surface area (Å²) in [5.74, 6) is 1.44. The highest BCUT2D eigenvalue weighted by atomic mass is 35.5. The molecule has 0 aliphatic heterocycles. The number of nitrogens with zero attached hydrogens (tertiary/aromatic N) is 1. The van der Waals surface area contributed by atoms with Crippen LogP contribution in [-0.2, 0) is 6.54 Å². The van der Waals surface area contributed by atoms with Gasteiger partial charge in [0.2, 0.25) is 0 Å². The summed E-state index contributed by atoms with van der Waals surface area (Å²) in [6.07, 6.45) is 3.53. The number of ether oxygens (including phenoxy) is 1. The predicted molar refractivity (Wildman–Crippen MR) is 82.5 cm³/mol. The Kier molecular flexibility index (Phi) is 4.99. The van der Waals surface area contributed by atoms with E-state index in [4.69, 9.17) is 16.3 Å². The van der Waals surface area contributed by atoms with E-state index >= 15 is 0 Å². The third kappa shape index (κ3) is 3.95. The lowest BCUT2D eigenvalue weighted by Crippen LogP contribution is -2.22. The average molecular weight is 291 g/mol. The SMILES string of the molecule is Cc1ccc(Oc2ccncc2CNC(C)C)c(Cl)c1. The topological polar surface area (TPSA) is 34.1 Å². The molecule has 1 heterocycles. The van der Waals surface area contributed by atoms with Crippen LogP contribution in [0.15, 0.2) is 36.7 Å². The third-order valence-corrected chi connectivity index (χ3v) is 3.16. The van der Waals surface area contributed by atoms with Crippen molar-refractivity contribution in [2.75, 3.05) is 0 Å². The van der Waals surface area contributed by atoms with Crippen molar-refractivity contribution in [1.29, 1.82) is 0 Å². The molecule has 0 unspecified atom stereocenters. The molecule has 0 saturated heterocycles. The van der Waals surface area contributed by atoms with Crippen LogP contribution >= 0.6 is 11.6 Å². The fraction of sp³-hybridized carbons (Fsp3) is 0.312. The van der Waals surface area contributed by atoms with Crippen LogP contribution in [0.2, 0.25) is 5.02 Å². The van der Waals surface area contributed by atoms with Gasteiger partial charge in [-0.15, -0.1) is 0 Å². The number of nitrogens with one attached hydrogen (secondary N) is 1. The van der Waals surface area contributed by atoms with Gasteiger partial charge in [0.05, 0.1) is 5.02 Å². The normalized spacial score (nSPS) is 10.8. The molecule has 0 radical (unpaired) electrons. The molecular weight excluding hydrogens is 272 g/mol. The van der Waals surface area contributed by atoms with Crippen LogP contribution in [0.25, 0.3) is 0 Å². The van der Waals surface area contributed by atoms with E-state index in [1.54, 1.807) is 6.20 Å². The van der Waals surface area contributed by atoms with Crippen LogP contribution in [0.5, 0.6) is 11.5 Å². The summed E-state index contributed by atoms with van der Waals surface area (Å²) in [6, 6.07) is 8.02. The van der Waals surface area contributed by atoms with Crippen molar-refractivity contribution in [3.05, 3.63) is 52.8 Å². The summed E-state index contributed by atoms with van der Waals surface area (Å²) in [4.78, 5) is 4.15. The van der Waals surface area contributed by atoms with E-state index in [9.17, 15) is 0 Å². The Labute approximate surface area is 124 Å². The van der Waals surface area contributed by atoms with Gasteiger partial charge in [-0.1, -0.05) is 31.5 Å². The number of pyridine rings is 1. The molecule has 2 rings (SSSR count). The number of rotatable bonds is 5. The summed E-state index contributed by atoms with van der Waals surface area (Å²) in [6.45, 7) is 6.92. The molecule has 20 heavy (non-hydrogen) atoms. The van der Waals surface area contributed by atoms with Crippen molar-refractivity contribution in [3.63, 3.8) is 0 Å². The molecule has 106 valence electrons. The number of benzene rings is 1. The predicted octanol–water partition coefficient (Wildman–Crippen LogP) is 4.33. The van der Waals surface area contributed by atoms with Gasteiger partial charge < -0.3 is 10.1 Å². The summed E-state index contributed by atoms with van der Waals surface area (Å²) < 4.78 is 5.92. The van der Waals surface area contributed by atoms with Gasteiger partial charge in [0.25, 0.3) is 0 Å². The second kappa shape index (κ2) is 6.73. The highest BCUT2D eigenvalue weighted by Crippen LogP contribution is 2.31. The van der Waals surface area contributed by atoms with Gasteiger partial charge in [-0.2, -0.15) is 0 Å². The summed E-state index contributed by atoms with van der Waals surface area (Å²) in [5, 5.41) is 3.97. The van der Waals surface area contributed by atoms with Crippen LogP contribution in [0.1, 0.15) is 25.0 Å². The van der Waals surface area contributed by atoms with Crippen LogP contribution in [0.4, 0.5) is 0 Å². The summed E-state index contributed by atoms with van der Waals surface area (Å²) in [5.41, 5.74) is 2.12. The van der Waals surface area contributed by atoms with Gasteiger partial charge in [0, 0.05) is 30.5 Å². The molecule has 4 heteroatoms. The van der Waals surface area contributed by atoms with Gasteiger partial charge in [-0.05, 0) is 30.7 Å². The Morgan fingerprint density at radius 2 is 2.05 bits per heavy atom. The van der Waals surface area contributed by atoms with Crippen LogP contribution in [0, 0.1) is 6.92 Å². The Morgan fingerprint density at radius 1 is 1.25 bits per heavy atom. The minimum Gasteiger partial charge on any atom is -0.455 e. The van der Waals surface area contributed by atoms with Crippen molar-refractivity contribution in [2.45, 2.75) is 33.4 Å². The van der Waals surface area contributed by atoms with E-state index in [2.05, 4.69) is 24.1 Å². The maximum absolute atomic E-state index is 6.20. The Bertz CT molecular complexity index is 584. The molecule has 1 N–H and O–H groups in total. The van der Waals surface area contributed by atoms with E-state index in [0.29, 0.717) is 23.4 Å². The second-order valence-electron chi connectivity index (χ2n) is 5.05. The van der Waals surface area contributed by atoms with Crippen molar-refractivity contribution >= 4 is 11.6 Å². The maximum atomic E-state index is 6.20. The van der Waals surface area contributed by atoms with E-state index in [1.165, 1.54) is 0 Å². The van der Waals surface area contributed by atoms with Gasteiger partial charge in [-0.25, -0.2) is 0 Å². The lowest BCUT2D eigenvalue weighted by molar-refractivity contribution is 0.468. The zero-order valence-corrected chi connectivity index (χ0v) is 12.7. The fourth-order valence-corrected chi connectivity index (χ4v) is 2.04. The molecule has 0 bridgehead atoms. The highest BCUT2D eigenvalue weighted by Gasteiger charge is 2.08. The summed E-state index contributed by atoms with van der Waals surface area (Å²) >= 11 is 6.20. The molecule has 2 aromatic rings. The first-order valence-corrected chi connectivity index (χ1v) is 7.04. The molecule has 0 amide bonds. The first-order chi connectivity index (χ1) is 9.56. The van der Waals surface area contributed by atoms with Crippen LogP contribution < -0.4 is 10.1 Å². The number of hydrogen-bond donors (Lipinski definition) is 1.